The van der Waals surface area contributed by atoms with Gasteiger partial charge in [-0.25, -0.2) is 0 Å². The van der Waals surface area contributed by atoms with Crippen LogP contribution in [0.5, 0.6) is 5.75 Å². The van der Waals surface area contributed by atoms with Crippen LogP contribution in [0.15, 0.2) is 18.2 Å². The minimum atomic E-state index is -0.749. The molecule has 0 bridgehead atoms. The topological polar surface area (TPSA) is 55.5 Å². The summed E-state index contributed by atoms with van der Waals surface area (Å²) in [7, 11) is 0. The maximum Gasteiger partial charge on any atom is 0.125 e. The fourth-order valence-electron chi connectivity index (χ4n) is 1.96. The van der Waals surface area contributed by atoms with E-state index < -0.39 is 6.23 Å². The lowest BCUT2D eigenvalue weighted by Crippen LogP contribution is -2.30. The van der Waals surface area contributed by atoms with E-state index in [1.807, 2.05) is 39.0 Å². The molecule has 1 rings (SSSR count). The average Bonchev–Trinajstić information content (AvgIpc) is 2.27. The lowest BCUT2D eigenvalue weighted by molar-refractivity contribution is 0.0953. The lowest BCUT2D eigenvalue weighted by atomic mass is 10.0. The van der Waals surface area contributed by atoms with Gasteiger partial charge in [-0.1, -0.05) is 25.1 Å². The zero-order valence-corrected chi connectivity index (χ0v) is 12.2. The Morgan fingerprint density at radius 3 is 2.28 bits per heavy atom. The summed E-state index contributed by atoms with van der Waals surface area (Å²) in [5.41, 5.74) is 7.78. The van der Waals surface area contributed by atoms with E-state index in [0.29, 0.717) is 6.61 Å². The van der Waals surface area contributed by atoms with Crippen LogP contribution in [0, 0.1) is 19.8 Å². The Labute approximate surface area is 116 Å². The molecule has 4 heteroatoms. The fourth-order valence-corrected chi connectivity index (χ4v) is 1.96. The number of nitrogens with two attached hydrogens (primary N) is 1. The van der Waals surface area contributed by atoms with Crippen molar-refractivity contribution >= 4 is 12.4 Å². The summed E-state index contributed by atoms with van der Waals surface area (Å²) in [4.78, 5) is 0. The summed E-state index contributed by atoms with van der Waals surface area (Å²) in [5, 5.41) is 9.34. The van der Waals surface area contributed by atoms with E-state index in [1.54, 1.807) is 0 Å². The molecule has 0 spiro atoms. The summed E-state index contributed by atoms with van der Waals surface area (Å²) < 4.78 is 5.78. The van der Waals surface area contributed by atoms with Gasteiger partial charge >= 0.3 is 0 Å². The van der Waals surface area contributed by atoms with E-state index in [2.05, 4.69) is 0 Å². The van der Waals surface area contributed by atoms with Crippen LogP contribution in [-0.2, 0) is 0 Å². The number of aliphatic hydroxyl groups excluding tert-OH is 1. The quantitative estimate of drug-likeness (QED) is 0.784. The minimum Gasteiger partial charge on any atom is -0.493 e. The van der Waals surface area contributed by atoms with Crippen LogP contribution in [0.25, 0.3) is 0 Å². The summed E-state index contributed by atoms with van der Waals surface area (Å²) in [6, 6.07) is 6.10. The molecular formula is C14H24ClNO2. The molecule has 1 aromatic carbocycles. The molecule has 2 atom stereocenters. The van der Waals surface area contributed by atoms with E-state index in [1.165, 1.54) is 0 Å². The van der Waals surface area contributed by atoms with Gasteiger partial charge in [0.25, 0.3) is 0 Å². The van der Waals surface area contributed by atoms with Gasteiger partial charge in [-0.05, 0) is 37.8 Å². The molecule has 0 aliphatic heterocycles. The van der Waals surface area contributed by atoms with Crippen LogP contribution >= 0.6 is 12.4 Å². The van der Waals surface area contributed by atoms with Crippen molar-refractivity contribution in [3.05, 3.63) is 29.3 Å². The maximum atomic E-state index is 9.34. The molecule has 0 aliphatic rings. The van der Waals surface area contributed by atoms with Crippen molar-refractivity contribution in [2.24, 2.45) is 11.7 Å². The van der Waals surface area contributed by atoms with Crippen LogP contribution in [0.4, 0.5) is 0 Å². The number of ether oxygens (including phenoxy) is 1. The second kappa shape index (κ2) is 8.35. The Morgan fingerprint density at radius 1 is 1.28 bits per heavy atom. The monoisotopic (exact) mass is 273 g/mol. The van der Waals surface area contributed by atoms with Crippen LogP contribution in [0.1, 0.15) is 30.9 Å². The molecular weight excluding hydrogens is 250 g/mol. The number of para-hydroxylation sites is 1. The van der Waals surface area contributed by atoms with Gasteiger partial charge in [0.1, 0.15) is 12.0 Å². The first-order chi connectivity index (χ1) is 8.06. The first-order valence-electron chi connectivity index (χ1n) is 6.19. The highest BCUT2D eigenvalue weighted by Gasteiger charge is 2.13. The number of hydrogen-bond acceptors (Lipinski definition) is 3. The van der Waals surface area contributed by atoms with Crippen molar-refractivity contribution in [1.82, 2.24) is 0 Å². The highest BCUT2D eigenvalue weighted by molar-refractivity contribution is 5.85. The van der Waals surface area contributed by atoms with Gasteiger partial charge in [0.05, 0.1) is 6.61 Å². The van der Waals surface area contributed by atoms with Gasteiger partial charge in [-0.15, -0.1) is 12.4 Å². The van der Waals surface area contributed by atoms with Crippen LogP contribution in [0.2, 0.25) is 0 Å². The van der Waals surface area contributed by atoms with E-state index in [-0.39, 0.29) is 18.3 Å². The smallest absolute Gasteiger partial charge is 0.125 e. The van der Waals surface area contributed by atoms with Gasteiger partial charge in [-0.3, -0.25) is 0 Å². The highest BCUT2D eigenvalue weighted by atomic mass is 35.5. The Hall–Kier alpha value is -0.770. The maximum absolute atomic E-state index is 9.34. The van der Waals surface area contributed by atoms with Crippen molar-refractivity contribution in [2.75, 3.05) is 6.61 Å². The molecule has 0 aliphatic carbocycles. The summed E-state index contributed by atoms with van der Waals surface area (Å²) in [6.07, 6.45) is 0.900. The van der Waals surface area contributed by atoms with Crippen LogP contribution in [0.3, 0.4) is 0 Å². The van der Waals surface area contributed by atoms with Crippen molar-refractivity contribution in [2.45, 2.75) is 39.8 Å². The molecule has 18 heavy (non-hydrogen) atoms. The molecule has 0 fully saturated rings. The largest absolute Gasteiger partial charge is 0.493 e. The van der Waals surface area contributed by atoms with E-state index in [9.17, 15) is 5.11 Å². The third kappa shape index (κ3) is 4.84. The third-order valence-corrected chi connectivity index (χ3v) is 3.15. The van der Waals surface area contributed by atoms with Gasteiger partial charge in [0, 0.05) is 5.92 Å². The van der Waals surface area contributed by atoms with E-state index in [0.717, 1.165) is 29.7 Å². The van der Waals surface area contributed by atoms with Crippen molar-refractivity contribution in [3.8, 4) is 5.75 Å². The van der Waals surface area contributed by atoms with E-state index in [4.69, 9.17) is 10.5 Å². The van der Waals surface area contributed by atoms with Crippen molar-refractivity contribution < 1.29 is 9.84 Å². The Bertz CT molecular complexity index is 335. The molecule has 3 nitrogen and oxygen atoms in total. The van der Waals surface area contributed by atoms with Crippen molar-refractivity contribution in [1.29, 1.82) is 0 Å². The molecule has 104 valence electrons. The number of rotatable bonds is 6. The second-order valence-electron chi connectivity index (χ2n) is 4.52. The predicted molar refractivity (Wildman–Crippen MR) is 77.3 cm³/mol. The average molecular weight is 274 g/mol. The highest BCUT2D eigenvalue weighted by Crippen LogP contribution is 2.23. The number of benzene rings is 1. The molecule has 0 heterocycles. The first kappa shape index (κ1) is 17.2. The second-order valence-corrected chi connectivity index (χ2v) is 4.52. The Balaban J connectivity index is 0.00000289. The molecule has 1 unspecified atom stereocenters. The Morgan fingerprint density at radius 2 is 1.83 bits per heavy atom. The number of aliphatic hydroxyl groups is 1. The third-order valence-electron chi connectivity index (χ3n) is 3.15. The van der Waals surface area contributed by atoms with Crippen LogP contribution < -0.4 is 10.5 Å². The normalized spacial score (nSPS) is 13.6. The molecule has 0 radical (unpaired) electrons. The first-order valence-corrected chi connectivity index (χ1v) is 6.19. The lowest BCUT2D eigenvalue weighted by Gasteiger charge is -2.19. The molecule has 1 aromatic rings. The SMILES string of the molecule is CCC(CCOc1c(C)cccc1C)[C@H](N)O.Cl. The number of hydrogen-bond donors (Lipinski definition) is 2. The zero-order valence-electron chi connectivity index (χ0n) is 11.3. The minimum absolute atomic E-state index is 0. The predicted octanol–water partition coefficient (Wildman–Crippen LogP) is 2.80. The van der Waals surface area contributed by atoms with Gasteiger partial charge in [0.15, 0.2) is 0 Å². The molecule has 0 aromatic heterocycles. The molecule has 0 amide bonds. The van der Waals surface area contributed by atoms with Crippen LogP contribution in [-0.4, -0.2) is 17.9 Å². The molecule has 0 saturated carbocycles. The zero-order chi connectivity index (χ0) is 12.8. The van der Waals surface area contributed by atoms with Gasteiger partial charge < -0.3 is 15.6 Å². The van der Waals surface area contributed by atoms with Gasteiger partial charge in [0.2, 0.25) is 0 Å². The van der Waals surface area contributed by atoms with Crippen molar-refractivity contribution in [3.63, 3.8) is 0 Å². The standard InChI is InChI=1S/C14H23NO2.ClH/c1-4-12(14(15)16)8-9-17-13-10(2)6-5-7-11(13)3;/h5-7,12,14,16H,4,8-9,15H2,1-3H3;1H/t12?,14-;/m1./s1. The fraction of sp³-hybridized carbons (Fsp3) is 0.571. The summed E-state index contributed by atoms with van der Waals surface area (Å²) >= 11 is 0. The summed E-state index contributed by atoms with van der Waals surface area (Å²) in [6.45, 7) is 6.70. The number of aryl methyl sites for hydroxylation is 2. The number of halogens is 1. The Kier molecular flexibility index (Phi) is 8.00. The summed E-state index contributed by atoms with van der Waals surface area (Å²) in [5.74, 6) is 1.06. The van der Waals surface area contributed by atoms with E-state index >= 15 is 0 Å². The van der Waals surface area contributed by atoms with Gasteiger partial charge in [-0.2, -0.15) is 0 Å². The molecule has 0 saturated heterocycles. The molecule has 3 N–H and O–H groups in total.